The third kappa shape index (κ3) is 9.18. The molecule has 2 aromatic heterocycles. The van der Waals surface area contributed by atoms with Gasteiger partial charge in [0.05, 0.1) is 12.1 Å². The van der Waals surface area contributed by atoms with E-state index < -0.39 is 39.9 Å². The van der Waals surface area contributed by atoms with E-state index in [0.29, 0.717) is 43.8 Å². The molecule has 2 N–H and O–H groups in total. The molecule has 0 unspecified atom stereocenters. The predicted octanol–water partition coefficient (Wildman–Crippen LogP) is 3.55. The highest BCUT2D eigenvalue weighted by Crippen LogP contribution is 2.45. The summed E-state index contributed by atoms with van der Waals surface area (Å²) in [6, 6.07) is 2.57. The third-order valence-corrected chi connectivity index (χ3v) is 19.0. The van der Waals surface area contributed by atoms with Crippen molar-refractivity contribution < 1.29 is 38.4 Å². The van der Waals surface area contributed by atoms with Crippen LogP contribution in [0, 0.1) is 0 Å². The van der Waals surface area contributed by atoms with E-state index >= 15 is 0 Å². The molecule has 0 saturated heterocycles. The summed E-state index contributed by atoms with van der Waals surface area (Å²) in [5, 5.41) is 5.27. The van der Waals surface area contributed by atoms with Crippen LogP contribution in [-0.2, 0) is 44.6 Å². The lowest BCUT2D eigenvalue weighted by Crippen LogP contribution is -2.51. The second-order valence-electron chi connectivity index (χ2n) is 14.4. The van der Waals surface area contributed by atoms with Crippen molar-refractivity contribution in [2.24, 2.45) is 5.14 Å². The molecular formula is C30H53N5O9S6. The molecule has 14 nitrogen and oxygen atoms in total. The minimum atomic E-state index is -3.98. The summed E-state index contributed by atoms with van der Waals surface area (Å²) in [7, 11) is -11.7. The molecule has 2 aromatic rings. The number of sulfone groups is 1. The highest BCUT2D eigenvalue weighted by molar-refractivity contribution is 7.95. The van der Waals surface area contributed by atoms with Crippen molar-refractivity contribution in [3.8, 4) is 0 Å². The van der Waals surface area contributed by atoms with Gasteiger partial charge in [-0.05, 0) is 73.2 Å². The van der Waals surface area contributed by atoms with Crippen molar-refractivity contribution in [3.05, 3.63) is 23.3 Å². The number of thiophene rings is 2. The van der Waals surface area contributed by atoms with Crippen LogP contribution in [0.2, 0.25) is 0 Å². The molecular weight excluding hydrogens is 767 g/mol. The summed E-state index contributed by atoms with van der Waals surface area (Å²) in [6.07, 6.45) is 1.67. The number of ether oxygens (including phenoxy) is 1. The summed E-state index contributed by atoms with van der Waals surface area (Å²) >= 11 is 1.58. The number of nitrogens with zero attached hydrogens (tertiary/aromatic N) is 4. The Hall–Kier alpha value is -1.04. The molecule has 2 aliphatic heterocycles. The molecule has 0 aliphatic carbocycles. The minimum Gasteiger partial charge on any atom is -0.385 e. The van der Waals surface area contributed by atoms with E-state index in [9.17, 15) is 33.7 Å². The Labute approximate surface area is 307 Å². The first-order valence-corrected chi connectivity index (χ1v) is 24.1. The normalized spacial score (nSPS) is 21.5. The Morgan fingerprint density at radius 2 is 1.28 bits per heavy atom. The maximum Gasteiger partial charge on any atom is 0.252 e. The Morgan fingerprint density at radius 1 is 0.840 bits per heavy atom. The fourth-order valence-electron chi connectivity index (χ4n) is 6.46. The average molecular weight is 820 g/mol. The van der Waals surface area contributed by atoms with Gasteiger partial charge < -0.3 is 4.74 Å². The second-order valence-corrected chi connectivity index (χ2v) is 24.9. The maximum absolute atomic E-state index is 13.1. The van der Waals surface area contributed by atoms with E-state index in [1.54, 1.807) is 20.2 Å². The zero-order chi connectivity index (χ0) is 38.4. The second kappa shape index (κ2) is 15.4. The first-order chi connectivity index (χ1) is 22.6. The van der Waals surface area contributed by atoms with E-state index in [0.717, 1.165) is 35.5 Å². The first-order valence-electron chi connectivity index (χ1n) is 16.1. The molecule has 2 atom stereocenters. The van der Waals surface area contributed by atoms with Crippen LogP contribution in [0.25, 0.3) is 0 Å². The Kier molecular flexibility index (Phi) is 13.3. The molecule has 0 bridgehead atoms. The van der Waals surface area contributed by atoms with Gasteiger partial charge in [-0.15, -0.1) is 22.7 Å². The van der Waals surface area contributed by atoms with Crippen LogP contribution >= 0.6 is 22.7 Å². The Bertz CT molecular complexity index is 1960. The minimum absolute atomic E-state index is 0.0721. The number of rotatable bonds is 10. The van der Waals surface area contributed by atoms with Crippen LogP contribution in [-0.4, -0.2) is 123 Å². The summed E-state index contributed by atoms with van der Waals surface area (Å²) in [6.45, 7) is 19.2. The van der Waals surface area contributed by atoms with Gasteiger partial charge in [0.1, 0.15) is 16.8 Å². The molecule has 0 aromatic carbocycles. The van der Waals surface area contributed by atoms with Gasteiger partial charge in [0.2, 0.25) is 10.0 Å². The van der Waals surface area contributed by atoms with Gasteiger partial charge in [0.25, 0.3) is 20.0 Å². The highest BCUT2D eigenvalue weighted by atomic mass is 32.3. The summed E-state index contributed by atoms with van der Waals surface area (Å²) < 4.78 is 107. The SMILES string of the molecule is CCN([C@H]1CN(C)S(=O)(=O)c2sc(S(C)(=O)=O)cc21)C(C)(C)C.CCN([C@H]1CN(CCCOC)S(=O)(=O)c2sc(S(N)(=O)=O)cc21)C(C)(C)C. The third-order valence-electron chi connectivity index (χ3n) is 8.71. The molecule has 0 radical (unpaired) electrons. The fraction of sp³-hybridized carbons (Fsp3) is 0.733. The zero-order valence-corrected chi connectivity index (χ0v) is 35.6. The van der Waals surface area contributed by atoms with Crippen molar-refractivity contribution in [1.29, 1.82) is 0 Å². The van der Waals surface area contributed by atoms with E-state index in [1.807, 2.05) is 13.8 Å². The van der Waals surface area contributed by atoms with Crippen molar-refractivity contribution in [3.63, 3.8) is 0 Å². The number of methoxy groups -OCH3 is 1. The monoisotopic (exact) mass is 819 g/mol. The average Bonchev–Trinajstić information content (AvgIpc) is 3.61. The largest absolute Gasteiger partial charge is 0.385 e. The van der Waals surface area contributed by atoms with Gasteiger partial charge in [0, 0.05) is 68.9 Å². The van der Waals surface area contributed by atoms with Crippen LogP contribution in [0.15, 0.2) is 29.0 Å². The van der Waals surface area contributed by atoms with E-state index in [-0.39, 0.29) is 46.5 Å². The Morgan fingerprint density at radius 3 is 1.70 bits per heavy atom. The van der Waals surface area contributed by atoms with Gasteiger partial charge in [0.15, 0.2) is 9.84 Å². The number of nitrogens with two attached hydrogens (primary N) is 1. The number of fused-ring (bicyclic) bond motifs is 2. The molecule has 2 aliphatic rings. The van der Waals surface area contributed by atoms with E-state index in [2.05, 4.69) is 51.3 Å². The zero-order valence-electron chi connectivity index (χ0n) is 30.7. The molecule has 288 valence electrons. The van der Waals surface area contributed by atoms with Gasteiger partial charge >= 0.3 is 0 Å². The number of primary sulfonamides is 1. The van der Waals surface area contributed by atoms with Crippen molar-refractivity contribution in [2.75, 3.05) is 59.7 Å². The number of hydrogen-bond donors (Lipinski definition) is 1. The summed E-state index contributed by atoms with van der Waals surface area (Å²) in [5.74, 6) is 0. The van der Waals surface area contributed by atoms with Gasteiger partial charge in [-0.2, -0.15) is 8.61 Å². The molecule has 20 heteroatoms. The van der Waals surface area contributed by atoms with Gasteiger partial charge in [-0.25, -0.2) is 38.8 Å². The van der Waals surface area contributed by atoms with Crippen LogP contribution in [0.1, 0.15) is 85.0 Å². The standard InChI is InChI=1S/C16H29N3O5S3.C14H24N2O4S3/c1-6-19(16(2,3)4)13-11-18(8-7-9-24-5)27(22,23)15-12(13)10-14(25-15)26(17,20)21;1-7-16(14(2,3)4)11-9-15(5)23(19,20)13-10(11)8-12(21-13)22(6,17)18/h10,13H,6-9,11H2,1-5H3,(H2,17,20,21);8,11H,7,9H2,1-6H3/t13-;11-/m00/s1. The van der Waals surface area contributed by atoms with Crippen LogP contribution < -0.4 is 5.14 Å². The van der Waals surface area contributed by atoms with Crippen LogP contribution in [0.4, 0.5) is 0 Å². The number of hydrogen-bond acceptors (Lipinski definition) is 13. The van der Waals surface area contributed by atoms with Crippen molar-refractivity contribution in [1.82, 2.24) is 18.4 Å². The predicted molar refractivity (Wildman–Crippen MR) is 198 cm³/mol. The molecule has 50 heavy (non-hydrogen) atoms. The topological polar surface area (TPSA) is 185 Å². The van der Waals surface area contributed by atoms with E-state index in [4.69, 9.17) is 9.88 Å². The van der Waals surface area contributed by atoms with Gasteiger partial charge in [-0.1, -0.05) is 13.8 Å². The summed E-state index contributed by atoms with van der Waals surface area (Å²) in [5.41, 5.74) is 0.736. The number of sulfonamides is 3. The maximum atomic E-state index is 13.1. The number of likely N-dealkylation sites (N-methyl/N-ethyl adjacent to an activating group) is 3. The molecule has 0 fully saturated rings. The lowest BCUT2D eigenvalue weighted by Gasteiger charge is -2.44. The quantitative estimate of drug-likeness (QED) is 0.346. The molecule has 4 rings (SSSR count). The first kappa shape index (κ1) is 43.4. The Balaban J connectivity index is 0.000000274. The van der Waals surface area contributed by atoms with Gasteiger partial charge in [-0.3, -0.25) is 9.80 Å². The fourth-order valence-corrected chi connectivity index (χ4v) is 15.0. The van der Waals surface area contributed by atoms with Crippen molar-refractivity contribution in [2.45, 2.75) is 102 Å². The van der Waals surface area contributed by atoms with Crippen LogP contribution in [0.5, 0.6) is 0 Å². The van der Waals surface area contributed by atoms with Crippen LogP contribution in [0.3, 0.4) is 0 Å². The summed E-state index contributed by atoms with van der Waals surface area (Å²) in [4.78, 5) is 4.39. The molecule has 4 heterocycles. The highest BCUT2D eigenvalue weighted by Gasteiger charge is 2.44. The molecule has 0 spiro atoms. The lowest BCUT2D eigenvalue weighted by molar-refractivity contribution is 0.0704. The molecule has 0 amide bonds. The lowest BCUT2D eigenvalue weighted by atomic mass is 9.99. The van der Waals surface area contributed by atoms with E-state index in [1.165, 1.54) is 14.7 Å². The molecule has 0 saturated carbocycles. The van der Waals surface area contributed by atoms with Crippen molar-refractivity contribution >= 4 is 62.6 Å². The smallest absolute Gasteiger partial charge is 0.252 e.